The van der Waals surface area contributed by atoms with Gasteiger partial charge in [-0.1, -0.05) is 11.6 Å². The molecule has 2 heterocycles. The van der Waals surface area contributed by atoms with Crippen LogP contribution in [-0.2, 0) is 6.61 Å². The molecule has 0 saturated carbocycles. The Morgan fingerprint density at radius 1 is 1.33 bits per heavy atom. The summed E-state index contributed by atoms with van der Waals surface area (Å²) in [6, 6.07) is 5.95. The summed E-state index contributed by atoms with van der Waals surface area (Å²) in [7, 11) is 1.81. The lowest BCUT2D eigenvalue weighted by atomic mass is 10.3. The van der Waals surface area contributed by atoms with Crippen LogP contribution in [-0.4, -0.2) is 17.0 Å². The highest BCUT2D eigenvalue weighted by Crippen LogP contribution is 2.27. The second-order valence-corrected chi connectivity index (χ2v) is 5.54. The van der Waals surface area contributed by atoms with E-state index in [9.17, 15) is 4.39 Å². The van der Waals surface area contributed by atoms with Crippen molar-refractivity contribution < 1.29 is 9.13 Å². The van der Waals surface area contributed by atoms with Crippen LogP contribution in [0.2, 0.25) is 5.02 Å². The Hall–Kier alpha value is -1.92. The van der Waals surface area contributed by atoms with Gasteiger partial charge in [0.1, 0.15) is 28.8 Å². The molecule has 0 atom stereocenters. The van der Waals surface area contributed by atoms with E-state index in [-0.39, 0.29) is 11.6 Å². The summed E-state index contributed by atoms with van der Waals surface area (Å²) in [6.45, 7) is 0.161. The Balaban J connectivity index is 1.84. The molecule has 0 aliphatic heterocycles. The van der Waals surface area contributed by atoms with Crippen molar-refractivity contribution in [2.75, 3.05) is 12.4 Å². The fourth-order valence-corrected chi connectivity index (χ4v) is 2.89. The van der Waals surface area contributed by atoms with Gasteiger partial charge in [-0.15, -0.1) is 11.3 Å². The number of fused-ring (bicyclic) bond motifs is 1. The van der Waals surface area contributed by atoms with Crippen molar-refractivity contribution in [3.8, 4) is 5.75 Å². The van der Waals surface area contributed by atoms with Gasteiger partial charge in [-0.25, -0.2) is 14.4 Å². The number of benzene rings is 1. The maximum absolute atomic E-state index is 13.0. The molecule has 1 N–H and O–H groups in total. The van der Waals surface area contributed by atoms with Gasteiger partial charge in [0.05, 0.1) is 10.4 Å². The van der Waals surface area contributed by atoms with E-state index in [1.54, 1.807) is 7.05 Å². The normalized spacial score (nSPS) is 10.8. The number of hydrogen-bond donors (Lipinski definition) is 1. The lowest BCUT2D eigenvalue weighted by Gasteiger charge is -2.08. The third-order valence-electron chi connectivity index (χ3n) is 2.86. The molecule has 4 nitrogen and oxygen atoms in total. The average Bonchev–Trinajstić information content (AvgIpc) is 2.93. The van der Waals surface area contributed by atoms with Gasteiger partial charge in [-0.2, -0.15) is 0 Å². The van der Waals surface area contributed by atoms with Crippen molar-refractivity contribution in [3.05, 3.63) is 46.3 Å². The molecule has 108 valence electrons. The molecule has 3 rings (SSSR count). The van der Waals surface area contributed by atoms with Gasteiger partial charge in [-0.3, -0.25) is 0 Å². The number of nitrogens with zero attached hydrogens (tertiary/aromatic N) is 2. The summed E-state index contributed by atoms with van der Waals surface area (Å²) in [4.78, 5) is 9.71. The zero-order chi connectivity index (χ0) is 14.8. The first-order valence-corrected chi connectivity index (χ1v) is 7.43. The number of anilines is 1. The van der Waals surface area contributed by atoms with E-state index >= 15 is 0 Å². The van der Waals surface area contributed by atoms with Gasteiger partial charge in [-0.05, 0) is 29.6 Å². The molecule has 0 unspecified atom stereocenters. The van der Waals surface area contributed by atoms with Crippen LogP contribution in [0.3, 0.4) is 0 Å². The SMILES string of the molecule is CNc1nc(COc2ccc(F)cc2Cl)nc2sccc12. The van der Waals surface area contributed by atoms with Crippen molar-refractivity contribution in [2.45, 2.75) is 6.61 Å². The molecule has 0 amide bonds. The number of ether oxygens (including phenoxy) is 1. The van der Waals surface area contributed by atoms with Gasteiger partial charge in [0, 0.05) is 7.05 Å². The standard InChI is InChI=1S/C14H11ClFN3OS/c1-17-13-9-4-5-21-14(9)19-12(18-13)7-20-11-3-2-8(16)6-10(11)15/h2-6H,7H2,1H3,(H,17,18,19). The summed E-state index contributed by atoms with van der Waals surface area (Å²) in [6.07, 6.45) is 0. The Bertz CT molecular complexity index is 793. The maximum Gasteiger partial charge on any atom is 0.169 e. The quantitative estimate of drug-likeness (QED) is 0.785. The predicted octanol–water partition coefficient (Wildman–Crippen LogP) is 4.10. The van der Waals surface area contributed by atoms with Crippen molar-refractivity contribution in [2.24, 2.45) is 0 Å². The van der Waals surface area contributed by atoms with Crippen LogP contribution < -0.4 is 10.1 Å². The summed E-state index contributed by atoms with van der Waals surface area (Å²) in [5.74, 6) is 1.29. The number of halogens is 2. The minimum absolute atomic E-state index is 0.161. The summed E-state index contributed by atoms with van der Waals surface area (Å²) in [5.41, 5.74) is 0. The van der Waals surface area contributed by atoms with Gasteiger partial charge >= 0.3 is 0 Å². The lowest BCUT2D eigenvalue weighted by Crippen LogP contribution is -2.04. The molecule has 0 radical (unpaired) electrons. The summed E-state index contributed by atoms with van der Waals surface area (Å²) < 4.78 is 18.5. The first kappa shape index (κ1) is 14.0. The minimum Gasteiger partial charge on any atom is -0.484 e. The van der Waals surface area contributed by atoms with Crippen LogP contribution in [0.1, 0.15) is 5.82 Å². The second-order valence-electron chi connectivity index (χ2n) is 4.24. The summed E-state index contributed by atoms with van der Waals surface area (Å²) >= 11 is 7.45. The molecule has 0 aliphatic carbocycles. The first-order chi connectivity index (χ1) is 10.2. The average molecular weight is 324 g/mol. The third-order valence-corrected chi connectivity index (χ3v) is 3.96. The Morgan fingerprint density at radius 2 is 2.19 bits per heavy atom. The van der Waals surface area contributed by atoms with Crippen molar-refractivity contribution in [1.29, 1.82) is 0 Å². The lowest BCUT2D eigenvalue weighted by molar-refractivity contribution is 0.296. The third kappa shape index (κ3) is 2.91. The van der Waals surface area contributed by atoms with Crippen molar-refractivity contribution >= 4 is 39.0 Å². The number of aromatic nitrogens is 2. The zero-order valence-electron chi connectivity index (χ0n) is 11.1. The highest BCUT2D eigenvalue weighted by atomic mass is 35.5. The fraction of sp³-hybridized carbons (Fsp3) is 0.143. The van der Waals surface area contributed by atoms with Crippen LogP contribution in [0, 0.1) is 5.82 Å². The fourth-order valence-electron chi connectivity index (χ4n) is 1.89. The molecule has 0 saturated heterocycles. The minimum atomic E-state index is -0.402. The van der Waals surface area contributed by atoms with Crippen LogP contribution in [0.5, 0.6) is 5.75 Å². The van der Waals surface area contributed by atoms with E-state index in [4.69, 9.17) is 16.3 Å². The molecule has 0 bridgehead atoms. The van der Waals surface area contributed by atoms with Crippen molar-refractivity contribution in [1.82, 2.24) is 9.97 Å². The smallest absolute Gasteiger partial charge is 0.169 e. The monoisotopic (exact) mass is 323 g/mol. The largest absolute Gasteiger partial charge is 0.484 e. The Kier molecular flexibility index (Phi) is 3.90. The molecule has 0 fully saturated rings. The van der Waals surface area contributed by atoms with E-state index in [1.807, 2.05) is 11.4 Å². The first-order valence-electron chi connectivity index (χ1n) is 6.17. The van der Waals surface area contributed by atoms with Crippen LogP contribution in [0.25, 0.3) is 10.2 Å². The molecular formula is C14H11ClFN3OS. The maximum atomic E-state index is 13.0. The Morgan fingerprint density at radius 3 is 2.95 bits per heavy atom. The highest BCUT2D eigenvalue weighted by molar-refractivity contribution is 7.16. The molecule has 1 aromatic carbocycles. The number of nitrogens with one attached hydrogen (secondary N) is 1. The van der Waals surface area contributed by atoms with E-state index in [0.717, 1.165) is 16.0 Å². The topological polar surface area (TPSA) is 47.0 Å². The van der Waals surface area contributed by atoms with Gasteiger partial charge in [0.2, 0.25) is 0 Å². The van der Waals surface area contributed by atoms with Crippen molar-refractivity contribution in [3.63, 3.8) is 0 Å². The molecule has 2 aromatic heterocycles. The molecule has 0 aliphatic rings. The summed E-state index contributed by atoms with van der Waals surface area (Å²) in [5, 5.41) is 6.20. The molecule has 3 aromatic rings. The molecule has 21 heavy (non-hydrogen) atoms. The van der Waals surface area contributed by atoms with Gasteiger partial charge < -0.3 is 10.1 Å². The number of thiophene rings is 1. The number of hydrogen-bond acceptors (Lipinski definition) is 5. The molecule has 0 spiro atoms. The van der Waals surface area contributed by atoms with Gasteiger partial charge in [0.15, 0.2) is 5.82 Å². The van der Waals surface area contributed by atoms with E-state index < -0.39 is 5.82 Å². The van der Waals surface area contributed by atoms with E-state index in [0.29, 0.717) is 11.6 Å². The highest BCUT2D eigenvalue weighted by Gasteiger charge is 2.09. The second kappa shape index (κ2) is 5.83. The molecular weight excluding hydrogens is 313 g/mol. The predicted molar refractivity (Wildman–Crippen MR) is 82.7 cm³/mol. The van der Waals surface area contributed by atoms with Gasteiger partial charge in [0.25, 0.3) is 0 Å². The molecule has 7 heteroatoms. The van der Waals surface area contributed by atoms with E-state index in [2.05, 4.69) is 15.3 Å². The van der Waals surface area contributed by atoms with E-state index in [1.165, 1.54) is 29.5 Å². The zero-order valence-corrected chi connectivity index (χ0v) is 12.6. The Labute approximate surface area is 129 Å². The van der Waals surface area contributed by atoms with Crippen LogP contribution in [0.15, 0.2) is 29.6 Å². The van der Waals surface area contributed by atoms with Crippen LogP contribution in [0.4, 0.5) is 10.2 Å². The number of rotatable bonds is 4. The van der Waals surface area contributed by atoms with Crippen LogP contribution >= 0.6 is 22.9 Å².